The zero-order chi connectivity index (χ0) is 15.1. The fourth-order valence-corrected chi connectivity index (χ4v) is 4.03. The van der Waals surface area contributed by atoms with Crippen molar-refractivity contribution in [1.82, 2.24) is 9.21 Å². The summed E-state index contributed by atoms with van der Waals surface area (Å²) >= 11 is 0. The molecule has 5 nitrogen and oxygen atoms in total. The minimum absolute atomic E-state index is 0.390. The number of rotatable bonds is 7. The number of piperazine rings is 1. The number of hydrogen-bond donors (Lipinski definition) is 1. The van der Waals surface area contributed by atoms with E-state index in [1.165, 1.54) is 0 Å². The predicted molar refractivity (Wildman–Crippen MR) is 84.5 cm³/mol. The van der Waals surface area contributed by atoms with Crippen molar-refractivity contribution < 1.29 is 8.42 Å². The van der Waals surface area contributed by atoms with Gasteiger partial charge in [0.25, 0.3) is 0 Å². The Balaban J connectivity index is 1.83. The number of nitrogens with two attached hydrogens (primary N) is 1. The van der Waals surface area contributed by atoms with Crippen LogP contribution in [-0.2, 0) is 10.0 Å². The molecular weight excluding hydrogens is 286 g/mol. The first-order valence-electron chi connectivity index (χ1n) is 7.62. The van der Waals surface area contributed by atoms with Crippen LogP contribution in [0, 0.1) is 0 Å². The van der Waals surface area contributed by atoms with Crippen molar-refractivity contribution in [2.24, 2.45) is 5.73 Å². The van der Waals surface area contributed by atoms with Crippen LogP contribution in [0.5, 0.6) is 0 Å². The van der Waals surface area contributed by atoms with Crippen LogP contribution in [-0.4, -0.2) is 56.9 Å². The van der Waals surface area contributed by atoms with Gasteiger partial charge in [-0.1, -0.05) is 24.6 Å². The zero-order valence-electron chi connectivity index (χ0n) is 12.4. The molecule has 0 spiro atoms. The van der Waals surface area contributed by atoms with E-state index >= 15 is 0 Å². The summed E-state index contributed by atoms with van der Waals surface area (Å²) in [7, 11) is -3.32. The van der Waals surface area contributed by atoms with E-state index in [1.807, 2.05) is 6.07 Å². The van der Waals surface area contributed by atoms with Crippen LogP contribution in [0.1, 0.15) is 19.3 Å². The summed E-state index contributed by atoms with van der Waals surface area (Å²) < 4.78 is 26.6. The van der Waals surface area contributed by atoms with Crippen LogP contribution in [0.25, 0.3) is 0 Å². The van der Waals surface area contributed by atoms with E-state index in [0.717, 1.165) is 45.4 Å². The number of sulfonamides is 1. The van der Waals surface area contributed by atoms with E-state index in [4.69, 9.17) is 5.73 Å². The summed E-state index contributed by atoms with van der Waals surface area (Å²) in [4.78, 5) is 2.73. The van der Waals surface area contributed by atoms with Crippen LogP contribution in [0.2, 0.25) is 0 Å². The third-order valence-electron chi connectivity index (χ3n) is 3.89. The van der Waals surface area contributed by atoms with Crippen LogP contribution >= 0.6 is 0 Å². The molecule has 21 heavy (non-hydrogen) atoms. The van der Waals surface area contributed by atoms with Crippen molar-refractivity contribution in [3.05, 3.63) is 30.3 Å². The highest BCUT2D eigenvalue weighted by Crippen LogP contribution is 2.17. The molecular formula is C15H25N3O2S. The molecule has 0 radical (unpaired) electrons. The fraction of sp³-hybridized carbons (Fsp3) is 0.600. The van der Waals surface area contributed by atoms with Crippen molar-refractivity contribution in [2.45, 2.75) is 24.2 Å². The lowest BCUT2D eigenvalue weighted by Gasteiger charge is -2.34. The molecule has 2 rings (SSSR count). The zero-order valence-corrected chi connectivity index (χ0v) is 13.3. The van der Waals surface area contributed by atoms with Gasteiger partial charge >= 0.3 is 0 Å². The van der Waals surface area contributed by atoms with Gasteiger partial charge in [-0.25, -0.2) is 8.42 Å². The molecule has 1 aromatic carbocycles. The molecule has 1 aliphatic rings. The van der Waals surface area contributed by atoms with Gasteiger partial charge in [-0.2, -0.15) is 4.31 Å². The molecule has 0 aliphatic carbocycles. The Morgan fingerprint density at radius 2 is 1.62 bits per heavy atom. The van der Waals surface area contributed by atoms with E-state index in [1.54, 1.807) is 28.6 Å². The van der Waals surface area contributed by atoms with Gasteiger partial charge in [0.1, 0.15) is 0 Å². The Hall–Kier alpha value is -0.950. The van der Waals surface area contributed by atoms with E-state index in [2.05, 4.69) is 4.90 Å². The lowest BCUT2D eigenvalue weighted by molar-refractivity contribution is 0.185. The standard InChI is InChI=1S/C15H25N3O2S/c16-9-5-2-6-10-17-11-13-18(14-12-17)21(19,20)15-7-3-1-4-8-15/h1,3-4,7-8H,2,5-6,9-14,16H2. The van der Waals surface area contributed by atoms with Gasteiger partial charge in [0.15, 0.2) is 0 Å². The first-order chi connectivity index (χ1) is 10.1. The van der Waals surface area contributed by atoms with Gasteiger partial charge < -0.3 is 10.6 Å². The van der Waals surface area contributed by atoms with Gasteiger partial charge in [0.2, 0.25) is 10.0 Å². The van der Waals surface area contributed by atoms with E-state index in [-0.39, 0.29) is 0 Å². The number of benzene rings is 1. The smallest absolute Gasteiger partial charge is 0.243 e. The molecule has 0 bridgehead atoms. The normalized spacial score (nSPS) is 18.0. The summed E-state index contributed by atoms with van der Waals surface area (Å²) in [5.41, 5.74) is 5.48. The maximum absolute atomic E-state index is 12.5. The molecule has 1 aromatic rings. The minimum atomic E-state index is -3.32. The van der Waals surface area contributed by atoms with E-state index < -0.39 is 10.0 Å². The predicted octanol–water partition coefficient (Wildman–Crippen LogP) is 1.12. The lowest BCUT2D eigenvalue weighted by Crippen LogP contribution is -2.48. The average Bonchev–Trinajstić information content (AvgIpc) is 2.53. The molecule has 118 valence electrons. The molecule has 0 unspecified atom stereocenters. The largest absolute Gasteiger partial charge is 0.330 e. The second kappa shape index (κ2) is 7.89. The first kappa shape index (κ1) is 16.4. The van der Waals surface area contributed by atoms with Crippen molar-refractivity contribution in [3.63, 3.8) is 0 Å². The maximum Gasteiger partial charge on any atom is 0.243 e. The molecule has 1 aliphatic heterocycles. The Morgan fingerprint density at radius 1 is 0.952 bits per heavy atom. The summed E-state index contributed by atoms with van der Waals surface area (Å²) in [6.45, 7) is 4.58. The summed E-state index contributed by atoms with van der Waals surface area (Å²) in [6.07, 6.45) is 3.37. The van der Waals surface area contributed by atoms with Gasteiger partial charge in [-0.15, -0.1) is 0 Å². The Morgan fingerprint density at radius 3 is 2.24 bits per heavy atom. The second-order valence-electron chi connectivity index (χ2n) is 5.41. The van der Waals surface area contributed by atoms with Gasteiger partial charge in [0, 0.05) is 26.2 Å². The number of nitrogens with zero attached hydrogens (tertiary/aromatic N) is 2. The summed E-state index contributed by atoms with van der Waals surface area (Å²) in [5.74, 6) is 0. The fourth-order valence-electron chi connectivity index (χ4n) is 2.59. The van der Waals surface area contributed by atoms with Gasteiger partial charge in [-0.3, -0.25) is 0 Å². The Labute approximate surface area is 127 Å². The van der Waals surface area contributed by atoms with Crippen LogP contribution in [0.4, 0.5) is 0 Å². The highest BCUT2D eigenvalue weighted by molar-refractivity contribution is 7.89. The minimum Gasteiger partial charge on any atom is -0.330 e. The average molecular weight is 311 g/mol. The van der Waals surface area contributed by atoms with Crippen molar-refractivity contribution in [2.75, 3.05) is 39.3 Å². The Kier molecular flexibility index (Phi) is 6.17. The Bertz CT molecular complexity index is 511. The summed E-state index contributed by atoms with van der Waals surface area (Å²) in [6, 6.07) is 8.68. The molecule has 1 fully saturated rings. The third-order valence-corrected chi connectivity index (χ3v) is 5.80. The van der Waals surface area contributed by atoms with Crippen molar-refractivity contribution in [3.8, 4) is 0 Å². The highest BCUT2D eigenvalue weighted by Gasteiger charge is 2.27. The highest BCUT2D eigenvalue weighted by atomic mass is 32.2. The van der Waals surface area contributed by atoms with Crippen molar-refractivity contribution >= 4 is 10.0 Å². The van der Waals surface area contributed by atoms with Gasteiger partial charge in [-0.05, 0) is 38.1 Å². The number of hydrogen-bond acceptors (Lipinski definition) is 4. The molecule has 2 N–H and O–H groups in total. The number of unbranched alkanes of at least 4 members (excludes halogenated alkanes) is 2. The molecule has 6 heteroatoms. The monoisotopic (exact) mass is 311 g/mol. The second-order valence-corrected chi connectivity index (χ2v) is 7.35. The van der Waals surface area contributed by atoms with E-state index in [0.29, 0.717) is 18.0 Å². The quantitative estimate of drug-likeness (QED) is 0.766. The third kappa shape index (κ3) is 4.51. The molecule has 0 atom stereocenters. The molecule has 0 amide bonds. The molecule has 1 saturated heterocycles. The topological polar surface area (TPSA) is 66.6 Å². The molecule has 1 heterocycles. The van der Waals surface area contributed by atoms with Crippen LogP contribution in [0.3, 0.4) is 0 Å². The summed E-state index contributed by atoms with van der Waals surface area (Å²) in [5, 5.41) is 0. The van der Waals surface area contributed by atoms with Crippen molar-refractivity contribution in [1.29, 1.82) is 0 Å². The van der Waals surface area contributed by atoms with Crippen LogP contribution < -0.4 is 5.73 Å². The molecule has 0 saturated carbocycles. The van der Waals surface area contributed by atoms with Gasteiger partial charge in [0.05, 0.1) is 4.90 Å². The van der Waals surface area contributed by atoms with Crippen LogP contribution in [0.15, 0.2) is 35.2 Å². The van der Waals surface area contributed by atoms with E-state index in [9.17, 15) is 8.42 Å². The maximum atomic E-state index is 12.5. The lowest BCUT2D eigenvalue weighted by atomic mass is 10.2. The SMILES string of the molecule is NCCCCCN1CCN(S(=O)(=O)c2ccccc2)CC1. The molecule has 0 aromatic heterocycles. The first-order valence-corrected chi connectivity index (χ1v) is 9.06.